The Labute approximate surface area is 112 Å². The van der Waals surface area contributed by atoms with E-state index in [1.54, 1.807) is 12.1 Å². The van der Waals surface area contributed by atoms with Gasteiger partial charge in [0.1, 0.15) is 5.82 Å². The fourth-order valence-electron chi connectivity index (χ4n) is 1.39. The molecule has 1 rings (SSSR count). The van der Waals surface area contributed by atoms with E-state index in [9.17, 15) is 9.18 Å². The molecule has 1 aromatic carbocycles. The molecule has 100 valence electrons. The number of hydrogen-bond donors (Lipinski definition) is 2. The topological polar surface area (TPSA) is 41.1 Å². The fraction of sp³-hybridized carbons (Fsp3) is 0.462. The number of rotatable bonds is 6. The van der Waals surface area contributed by atoms with Crippen molar-refractivity contribution >= 4 is 17.5 Å². The summed E-state index contributed by atoms with van der Waals surface area (Å²) >= 11 is 5.67. The highest BCUT2D eigenvalue weighted by molar-refractivity contribution is 6.30. The lowest BCUT2D eigenvalue weighted by atomic mass is 10.2. The highest BCUT2D eigenvalue weighted by Gasteiger charge is 2.06. The van der Waals surface area contributed by atoms with Gasteiger partial charge in [0.15, 0.2) is 0 Å². The molecule has 5 heteroatoms. The van der Waals surface area contributed by atoms with Crippen molar-refractivity contribution < 1.29 is 9.18 Å². The molecule has 0 aromatic heterocycles. The van der Waals surface area contributed by atoms with Crippen LogP contribution in [0.4, 0.5) is 4.39 Å². The van der Waals surface area contributed by atoms with Crippen LogP contribution in [0.1, 0.15) is 19.4 Å². The summed E-state index contributed by atoms with van der Waals surface area (Å²) in [5.41, 5.74) is 0.526. The van der Waals surface area contributed by atoms with Crippen LogP contribution in [0.3, 0.4) is 0 Å². The molecular weight excluding hydrogens is 255 g/mol. The quantitative estimate of drug-likeness (QED) is 0.781. The van der Waals surface area contributed by atoms with E-state index in [4.69, 9.17) is 11.6 Å². The summed E-state index contributed by atoms with van der Waals surface area (Å²) in [4.78, 5) is 11.3. The molecule has 2 N–H and O–H groups in total. The smallest absolute Gasteiger partial charge is 0.222 e. The number of hydrogen-bond acceptors (Lipinski definition) is 2. The molecule has 0 unspecified atom stereocenters. The normalized spacial score (nSPS) is 10.7. The maximum Gasteiger partial charge on any atom is 0.222 e. The number of carbonyl (C=O) groups is 1. The van der Waals surface area contributed by atoms with Crippen LogP contribution >= 0.6 is 11.6 Å². The van der Waals surface area contributed by atoms with Crippen LogP contribution in [0.15, 0.2) is 18.2 Å². The molecule has 0 aliphatic carbocycles. The maximum absolute atomic E-state index is 13.5. The lowest BCUT2D eigenvalue weighted by Crippen LogP contribution is -2.34. The highest BCUT2D eigenvalue weighted by Crippen LogP contribution is 2.17. The lowest BCUT2D eigenvalue weighted by Gasteiger charge is -2.09. The average Bonchev–Trinajstić information content (AvgIpc) is 2.33. The third-order valence-corrected chi connectivity index (χ3v) is 2.76. The van der Waals surface area contributed by atoms with Crippen LogP contribution in [-0.4, -0.2) is 19.0 Å². The maximum atomic E-state index is 13.5. The second-order valence-corrected chi connectivity index (χ2v) is 4.74. The molecular formula is C13H18ClFN2O. The van der Waals surface area contributed by atoms with E-state index in [-0.39, 0.29) is 16.8 Å². The van der Waals surface area contributed by atoms with Gasteiger partial charge in [0.25, 0.3) is 0 Å². The molecule has 0 aliphatic heterocycles. The molecule has 0 saturated carbocycles. The third kappa shape index (κ3) is 4.63. The zero-order chi connectivity index (χ0) is 13.5. The lowest BCUT2D eigenvalue weighted by molar-refractivity contribution is -0.123. The SMILES string of the molecule is CC(C)C(=O)NCCNCc1cccc(Cl)c1F. The number of halogens is 2. The zero-order valence-electron chi connectivity index (χ0n) is 10.6. The van der Waals surface area contributed by atoms with Crippen molar-refractivity contribution in [3.05, 3.63) is 34.6 Å². The Morgan fingerprint density at radius 1 is 1.39 bits per heavy atom. The van der Waals surface area contributed by atoms with Crippen molar-refractivity contribution in [2.75, 3.05) is 13.1 Å². The van der Waals surface area contributed by atoms with Crippen LogP contribution in [0.5, 0.6) is 0 Å². The average molecular weight is 273 g/mol. The van der Waals surface area contributed by atoms with Crippen molar-refractivity contribution in [2.24, 2.45) is 5.92 Å². The molecule has 0 spiro atoms. The third-order valence-electron chi connectivity index (χ3n) is 2.47. The molecule has 0 radical (unpaired) electrons. The van der Waals surface area contributed by atoms with E-state index in [0.29, 0.717) is 25.2 Å². The molecule has 1 amide bonds. The van der Waals surface area contributed by atoms with Crippen LogP contribution in [0.2, 0.25) is 5.02 Å². The minimum atomic E-state index is -0.391. The zero-order valence-corrected chi connectivity index (χ0v) is 11.4. The molecule has 3 nitrogen and oxygen atoms in total. The van der Waals surface area contributed by atoms with Gasteiger partial charge in [-0.05, 0) is 6.07 Å². The summed E-state index contributed by atoms with van der Waals surface area (Å²) in [7, 11) is 0. The van der Waals surface area contributed by atoms with Gasteiger partial charge >= 0.3 is 0 Å². The Hall–Kier alpha value is -1.13. The molecule has 0 fully saturated rings. The summed E-state index contributed by atoms with van der Waals surface area (Å²) < 4.78 is 13.5. The van der Waals surface area contributed by atoms with E-state index >= 15 is 0 Å². The standard InChI is InChI=1S/C13H18ClFN2O/c1-9(2)13(18)17-7-6-16-8-10-4-3-5-11(14)12(10)15/h3-5,9,16H,6-8H2,1-2H3,(H,17,18). The summed E-state index contributed by atoms with van der Waals surface area (Å²) in [6.45, 7) is 5.18. The predicted octanol–water partition coefficient (Wildman–Crippen LogP) is 2.34. The van der Waals surface area contributed by atoms with Crippen molar-refractivity contribution in [3.63, 3.8) is 0 Å². The molecule has 18 heavy (non-hydrogen) atoms. The molecule has 0 aliphatic rings. The van der Waals surface area contributed by atoms with Gasteiger partial charge in [-0.3, -0.25) is 4.79 Å². The van der Waals surface area contributed by atoms with Gasteiger partial charge in [0.2, 0.25) is 5.91 Å². The fourth-order valence-corrected chi connectivity index (χ4v) is 1.58. The summed E-state index contributed by atoms with van der Waals surface area (Å²) in [5, 5.41) is 5.95. The first kappa shape index (κ1) is 14.9. The van der Waals surface area contributed by atoms with Gasteiger partial charge in [-0.25, -0.2) is 4.39 Å². The summed E-state index contributed by atoms with van der Waals surface area (Å²) in [6, 6.07) is 4.91. The molecule has 0 bridgehead atoms. The van der Waals surface area contributed by atoms with Crippen molar-refractivity contribution in [1.82, 2.24) is 10.6 Å². The number of amides is 1. The predicted molar refractivity (Wildman–Crippen MR) is 71.0 cm³/mol. The van der Waals surface area contributed by atoms with Gasteiger partial charge in [-0.2, -0.15) is 0 Å². The minimum Gasteiger partial charge on any atom is -0.355 e. The van der Waals surface area contributed by atoms with Crippen LogP contribution in [0, 0.1) is 11.7 Å². The minimum absolute atomic E-state index is 0.0182. The highest BCUT2D eigenvalue weighted by atomic mass is 35.5. The van der Waals surface area contributed by atoms with E-state index in [0.717, 1.165) is 0 Å². The van der Waals surface area contributed by atoms with Crippen molar-refractivity contribution in [1.29, 1.82) is 0 Å². The van der Waals surface area contributed by atoms with Crippen LogP contribution in [-0.2, 0) is 11.3 Å². The van der Waals surface area contributed by atoms with Gasteiger partial charge in [0, 0.05) is 31.1 Å². The van der Waals surface area contributed by atoms with E-state index in [1.165, 1.54) is 6.07 Å². The largest absolute Gasteiger partial charge is 0.355 e. The Morgan fingerprint density at radius 2 is 2.11 bits per heavy atom. The van der Waals surface area contributed by atoms with Gasteiger partial charge in [-0.15, -0.1) is 0 Å². The Morgan fingerprint density at radius 3 is 2.78 bits per heavy atom. The summed E-state index contributed by atoms with van der Waals surface area (Å²) in [6.07, 6.45) is 0. The first-order chi connectivity index (χ1) is 8.52. The van der Waals surface area contributed by atoms with Gasteiger partial charge in [-0.1, -0.05) is 37.6 Å². The molecule has 0 saturated heterocycles. The first-order valence-corrected chi connectivity index (χ1v) is 6.31. The Bertz CT molecular complexity index is 410. The second-order valence-electron chi connectivity index (χ2n) is 4.34. The summed E-state index contributed by atoms with van der Waals surface area (Å²) in [5.74, 6) is -0.390. The monoisotopic (exact) mass is 272 g/mol. The first-order valence-electron chi connectivity index (χ1n) is 5.93. The van der Waals surface area contributed by atoms with E-state index in [1.807, 2.05) is 13.8 Å². The van der Waals surface area contributed by atoms with Crippen molar-refractivity contribution in [3.8, 4) is 0 Å². The number of nitrogens with one attached hydrogen (secondary N) is 2. The van der Waals surface area contributed by atoms with Crippen LogP contribution < -0.4 is 10.6 Å². The Kier molecular flexibility index (Phi) is 6.09. The van der Waals surface area contributed by atoms with Crippen LogP contribution in [0.25, 0.3) is 0 Å². The van der Waals surface area contributed by atoms with Gasteiger partial charge < -0.3 is 10.6 Å². The molecule has 1 aromatic rings. The van der Waals surface area contributed by atoms with Gasteiger partial charge in [0.05, 0.1) is 5.02 Å². The van der Waals surface area contributed by atoms with E-state index in [2.05, 4.69) is 10.6 Å². The van der Waals surface area contributed by atoms with E-state index < -0.39 is 5.82 Å². The number of carbonyl (C=O) groups excluding carboxylic acids is 1. The van der Waals surface area contributed by atoms with Crippen molar-refractivity contribution in [2.45, 2.75) is 20.4 Å². The molecule has 0 atom stereocenters. The Balaban J connectivity index is 2.26. The molecule has 0 heterocycles. The second kappa shape index (κ2) is 7.34. The number of benzene rings is 1.